The second-order valence-electron chi connectivity index (χ2n) is 5.98. The largest absolute Gasteiger partial charge is 0.368 e. The maximum absolute atomic E-state index is 13.0. The van der Waals surface area contributed by atoms with Crippen molar-refractivity contribution in [2.75, 3.05) is 11.1 Å². The number of benzene rings is 2. The van der Waals surface area contributed by atoms with E-state index in [9.17, 15) is 4.39 Å². The van der Waals surface area contributed by atoms with Gasteiger partial charge in [-0.2, -0.15) is 15.0 Å². The van der Waals surface area contributed by atoms with E-state index in [0.29, 0.717) is 24.0 Å². The SMILES string of the molecule is Nc1nc(CN2Cc3ccccc3C2)nc(Nc2ccc(F)cc2)n1. The van der Waals surface area contributed by atoms with Crippen LogP contribution in [-0.2, 0) is 19.6 Å². The molecular weight excluding hydrogens is 319 g/mol. The van der Waals surface area contributed by atoms with Gasteiger partial charge in [0.1, 0.15) is 11.6 Å². The molecule has 1 aliphatic heterocycles. The van der Waals surface area contributed by atoms with Gasteiger partial charge in [0.15, 0.2) is 0 Å². The molecule has 4 rings (SSSR count). The van der Waals surface area contributed by atoms with E-state index >= 15 is 0 Å². The Hall–Kier alpha value is -3.06. The highest BCUT2D eigenvalue weighted by Gasteiger charge is 2.19. The highest BCUT2D eigenvalue weighted by molar-refractivity contribution is 5.53. The van der Waals surface area contributed by atoms with Crippen LogP contribution < -0.4 is 11.1 Å². The van der Waals surface area contributed by atoms with Crippen LogP contribution in [0.25, 0.3) is 0 Å². The van der Waals surface area contributed by atoms with Crippen LogP contribution in [0.3, 0.4) is 0 Å². The van der Waals surface area contributed by atoms with Crippen LogP contribution in [0.15, 0.2) is 48.5 Å². The summed E-state index contributed by atoms with van der Waals surface area (Å²) in [5.41, 5.74) is 9.16. The summed E-state index contributed by atoms with van der Waals surface area (Å²) in [5, 5.41) is 3.03. The first-order valence-corrected chi connectivity index (χ1v) is 7.98. The first kappa shape index (κ1) is 15.5. The minimum Gasteiger partial charge on any atom is -0.368 e. The molecule has 0 saturated carbocycles. The summed E-state index contributed by atoms with van der Waals surface area (Å²) in [7, 11) is 0. The van der Waals surface area contributed by atoms with E-state index in [0.717, 1.165) is 13.1 Å². The van der Waals surface area contributed by atoms with Gasteiger partial charge in [0.2, 0.25) is 11.9 Å². The van der Waals surface area contributed by atoms with Crippen LogP contribution in [0.2, 0.25) is 0 Å². The Morgan fingerprint density at radius 2 is 1.64 bits per heavy atom. The zero-order valence-electron chi connectivity index (χ0n) is 13.5. The molecule has 3 aromatic rings. The minimum atomic E-state index is -0.296. The number of halogens is 1. The summed E-state index contributed by atoms with van der Waals surface area (Å²) in [6.07, 6.45) is 0. The van der Waals surface area contributed by atoms with Crippen LogP contribution in [0, 0.1) is 5.82 Å². The van der Waals surface area contributed by atoms with Gasteiger partial charge in [0, 0.05) is 18.8 Å². The lowest BCUT2D eigenvalue weighted by Gasteiger charge is -2.14. The molecule has 0 unspecified atom stereocenters. The van der Waals surface area contributed by atoms with Gasteiger partial charge in [0.05, 0.1) is 6.54 Å². The van der Waals surface area contributed by atoms with Gasteiger partial charge >= 0.3 is 0 Å². The highest BCUT2D eigenvalue weighted by Crippen LogP contribution is 2.23. The summed E-state index contributed by atoms with van der Waals surface area (Å²) in [6, 6.07) is 14.3. The number of hydrogen-bond donors (Lipinski definition) is 2. The van der Waals surface area contributed by atoms with E-state index in [4.69, 9.17) is 5.73 Å². The number of nitrogens with zero attached hydrogens (tertiary/aromatic N) is 4. The van der Waals surface area contributed by atoms with Gasteiger partial charge in [-0.15, -0.1) is 0 Å². The van der Waals surface area contributed by atoms with Gasteiger partial charge in [-0.3, -0.25) is 4.90 Å². The molecule has 0 saturated heterocycles. The number of anilines is 3. The molecule has 0 amide bonds. The number of nitrogen functional groups attached to an aromatic ring is 1. The van der Waals surface area contributed by atoms with Crippen LogP contribution in [0.5, 0.6) is 0 Å². The summed E-state index contributed by atoms with van der Waals surface area (Å²) >= 11 is 0. The normalized spacial score (nSPS) is 13.6. The van der Waals surface area contributed by atoms with Crippen molar-refractivity contribution in [1.29, 1.82) is 0 Å². The number of aromatic nitrogens is 3. The second-order valence-corrected chi connectivity index (χ2v) is 5.98. The van der Waals surface area contributed by atoms with Crippen molar-refractivity contribution in [2.45, 2.75) is 19.6 Å². The maximum atomic E-state index is 13.0. The molecule has 1 aliphatic rings. The van der Waals surface area contributed by atoms with Crippen molar-refractivity contribution in [3.05, 3.63) is 71.3 Å². The Kier molecular flexibility index (Phi) is 3.99. The predicted octanol–water partition coefficient (Wildman–Crippen LogP) is 2.85. The number of nitrogens with two attached hydrogens (primary N) is 1. The van der Waals surface area contributed by atoms with E-state index < -0.39 is 0 Å². The number of fused-ring (bicyclic) bond motifs is 1. The van der Waals surface area contributed by atoms with Crippen LogP contribution in [-0.4, -0.2) is 19.9 Å². The quantitative estimate of drug-likeness (QED) is 0.763. The van der Waals surface area contributed by atoms with E-state index in [-0.39, 0.29) is 11.8 Å². The summed E-state index contributed by atoms with van der Waals surface area (Å²) in [6.45, 7) is 2.31. The average Bonchev–Trinajstić information content (AvgIpc) is 2.98. The van der Waals surface area contributed by atoms with Crippen molar-refractivity contribution >= 4 is 17.6 Å². The highest BCUT2D eigenvalue weighted by atomic mass is 19.1. The lowest BCUT2D eigenvalue weighted by molar-refractivity contribution is 0.268. The van der Waals surface area contributed by atoms with Crippen molar-refractivity contribution < 1.29 is 4.39 Å². The Bertz CT molecular complexity index is 871. The molecule has 7 heteroatoms. The van der Waals surface area contributed by atoms with Gasteiger partial charge in [-0.25, -0.2) is 4.39 Å². The molecule has 6 nitrogen and oxygen atoms in total. The number of rotatable bonds is 4. The number of nitrogens with one attached hydrogen (secondary N) is 1. The summed E-state index contributed by atoms with van der Waals surface area (Å²) in [4.78, 5) is 15.0. The summed E-state index contributed by atoms with van der Waals surface area (Å²) in [5.74, 6) is 0.817. The molecule has 0 bridgehead atoms. The third-order valence-corrected chi connectivity index (χ3v) is 4.07. The fraction of sp³-hybridized carbons (Fsp3) is 0.167. The van der Waals surface area contributed by atoms with Gasteiger partial charge in [-0.05, 0) is 35.4 Å². The first-order chi connectivity index (χ1) is 12.2. The van der Waals surface area contributed by atoms with E-state index in [1.807, 2.05) is 12.1 Å². The topological polar surface area (TPSA) is 80.0 Å². The Morgan fingerprint density at radius 1 is 0.960 bits per heavy atom. The molecule has 3 N–H and O–H groups in total. The molecule has 126 valence electrons. The van der Waals surface area contributed by atoms with Crippen molar-refractivity contribution in [1.82, 2.24) is 19.9 Å². The first-order valence-electron chi connectivity index (χ1n) is 7.98. The van der Waals surface area contributed by atoms with Gasteiger partial charge in [0.25, 0.3) is 0 Å². The zero-order chi connectivity index (χ0) is 17.2. The standard InChI is InChI=1S/C18H17FN6/c19-14-5-7-15(8-6-14)21-18-23-16(22-17(20)24-18)11-25-9-12-3-1-2-4-13(12)10-25/h1-8H,9-11H2,(H3,20,21,22,23,24). The lowest BCUT2D eigenvalue weighted by Crippen LogP contribution is -2.19. The van der Waals surface area contributed by atoms with Crippen LogP contribution in [0.1, 0.15) is 17.0 Å². The molecule has 1 aromatic heterocycles. The van der Waals surface area contributed by atoms with Gasteiger partial charge < -0.3 is 11.1 Å². The van der Waals surface area contributed by atoms with Crippen molar-refractivity contribution in [3.63, 3.8) is 0 Å². The minimum absolute atomic E-state index is 0.159. The van der Waals surface area contributed by atoms with Crippen LogP contribution >= 0.6 is 0 Å². The molecule has 0 atom stereocenters. The van der Waals surface area contributed by atoms with Crippen molar-refractivity contribution in [2.24, 2.45) is 0 Å². The Morgan fingerprint density at radius 3 is 2.32 bits per heavy atom. The molecule has 2 aromatic carbocycles. The van der Waals surface area contributed by atoms with Crippen molar-refractivity contribution in [3.8, 4) is 0 Å². The Labute approximate surface area is 144 Å². The molecule has 25 heavy (non-hydrogen) atoms. The molecule has 0 radical (unpaired) electrons. The predicted molar refractivity (Wildman–Crippen MR) is 93.3 cm³/mol. The lowest BCUT2D eigenvalue weighted by atomic mass is 10.1. The maximum Gasteiger partial charge on any atom is 0.232 e. The molecule has 0 fully saturated rings. The zero-order valence-corrected chi connectivity index (χ0v) is 13.5. The van der Waals surface area contributed by atoms with E-state index in [1.54, 1.807) is 12.1 Å². The van der Waals surface area contributed by atoms with Crippen LogP contribution in [0.4, 0.5) is 22.0 Å². The third kappa shape index (κ3) is 3.56. The average molecular weight is 336 g/mol. The third-order valence-electron chi connectivity index (χ3n) is 4.07. The fourth-order valence-corrected chi connectivity index (χ4v) is 2.94. The molecular formula is C18H17FN6. The van der Waals surface area contributed by atoms with E-state index in [1.165, 1.54) is 23.3 Å². The summed E-state index contributed by atoms with van der Waals surface area (Å²) < 4.78 is 13.0. The molecule has 0 aliphatic carbocycles. The molecule has 0 spiro atoms. The monoisotopic (exact) mass is 336 g/mol. The van der Waals surface area contributed by atoms with Gasteiger partial charge in [-0.1, -0.05) is 24.3 Å². The van der Waals surface area contributed by atoms with E-state index in [2.05, 4.69) is 37.3 Å². The second kappa shape index (κ2) is 6.45. The Balaban J connectivity index is 1.49. The molecule has 2 heterocycles. The number of hydrogen-bond acceptors (Lipinski definition) is 6. The smallest absolute Gasteiger partial charge is 0.232 e. The fourth-order valence-electron chi connectivity index (χ4n) is 2.94.